The van der Waals surface area contributed by atoms with Crippen LogP contribution in [0, 0.1) is 5.41 Å². The molecule has 0 atom stereocenters. The van der Waals surface area contributed by atoms with Crippen LogP contribution in [0.4, 0.5) is 0 Å². The molecule has 1 rings (SSSR count). The normalized spacial score (nSPS) is 23.0. The van der Waals surface area contributed by atoms with E-state index in [-0.39, 0.29) is 12.0 Å². The van der Waals surface area contributed by atoms with E-state index in [2.05, 4.69) is 25.8 Å². The molecule has 0 unspecified atom stereocenters. The molecule has 0 aromatic heterocycles. The molecular weight excluding hydrogens is 190 g/mol. The van der Waals surface area contributed by atoms with Gasteiger partial charge in [0.25, 0.3) is 0 Å². The van der Waals surface area contributed by atoms with Crippen LogP contribution in [-0.4, -0.2) is 47.5 Å². The van der Waals surface area contributed by atoms with Gasteiger partial charge in [0, 0.05) is 18.5 Å². The first-order chi connectivity index (χ1) is 7.03. The lowest BCUT2D eigenvalue weighted by atomic mass is 9.64. The summed E-state index contributed by atoms with van der Waals surface area (Å²) in [5.41, 5.74) is -0.966. The van der Waals surface area contributed by atoms with Crippen LogP contribution in [0.5, 0.6) is 0 Å². The number of hydrogen-bond acceptors (Lipinski definition) is 3. The molecule has 2 N–H and O–H groups in total. The maximum absolute atomic E-state index is 10.7. The number of aliphatic hydroxyl groups is 2. The second-order valence-corrected chi connectivity index (χ2v) is 4.98. The van der Waals surface area contributed by atoms with E-state index in [1.165, 1.54) is 0 Å². The van der Waals surface area contributed by atoms with Gasteiger partial charge in [-0.25, -0.2) is 0 Å². The van der Waals surface area contributed by atoms with E-state index in [9.17, 15) is 10.2 Å². The van der Waals surface area contributed by atoms with E-state index < -0.39 is 5.60 Å². The van der Waals surface area contributed by atoms with Crippen LogP contribution in [0.3, 0.4) is 0 Å². The van der Waals surface area contributed by atoms with Crippen LogP contribution >= 0.6 is 0 Å². The summed E-state index contributed by atoms with van der Waals surface area (Å²) >= 11 is 0. The minimum atomic E-state index is -0.669. The molecule has 0 saturated carbocycles. The highest BCUT2D eigenvalue weighted by atomic mass is 16.3. The molecule has 1 saturated heterocycles. The van der Waals surface area contributed by atoms with Crippen molar-refractivity contribution < 1.29 is 10.2 Å². The molecule has 1 aliphatic heterocycles. The molecule has 1 fully saturated rings. The summed E-state index contributed by atoms with van der Waals surface area (Å²) in [5, 5.41) is 20.3. The van der Waals surface area contributed by atoms with Crippen LogP contribution < -0.4 is 0 Å². The van der Waals surface area contributed by atoms with Crippen molar-refractivity contribution in [2.24, 2.45) is 5.41 Å². The molecule has 1 heterocycles. The van der Waals surface area contributed by atoms with Crippen molar-refractivity contribution in [2.75, 3.05) is 26.7 Å². The molecule has 0 bridgehead atoms. The third-order valence-electron chi connectivity index (χ3n) is 4.46. The van der Waals surface area contributed by atoms with Gasteiger partial charge in [0.1, 0.15) is 0 Å². The monoisotopic (exact) mass is 215 g/mol. The minimum absolute atomic E-state index is 0.0974. The van der Waals surface area contributed by atoms with Crippen molar-refractivity contribution in [1.82, 2.24) is 4.90 Å². The summed E-state index contributed by atoms with van der Waals surface area (Å²) in [6.45, 7) is 6.09. The first-order valence-corrected chi connectivity index (χ1v) is 6.05. The topological polar surface area (TPSA) is 43.7 Å². The Morgan fingerprint density at radius 3 is 2.00 bits per heavy atom. The minimum Gasteiger partial charge on any atom is -0.396 e. The Bertz CT molecular complexity index is 186. The van der Waals surface area contributed by atoms with Gasteiger partial charge in [0.2, 0.25) is 0 Å². The third kappa shape index (κ3) is 2.19. The molecule has 15 heavy (non-hydrogen) atoms. The summed E-state index contributed by atoms with van der Waals surface area (Å²) < 4.78 is 0. The lowest BCUT2D eigenvalue weighted by Crippen LogP contribution is -2.55. The van der Waals surface area contributed by atoms with Crippen molar-refractivity contribution in [1.29, 1.82) is 0 Å². The number of hydrogen-bond donors (Lipinski definition) is 2. The zero-order chi connectivity index (χ0) is 11.5. The van der Waals surface area contributed by atoms with E-state index in [0.29, 0.717) is 0 Å². The Morgan fingerprint density at radius 2 is 1.67 bits per heavy atom. The average Bonchev–Trinajstić information content (AvgIpc) is 2.26. The Kier molecular flexibility index (Phi) is 4.15. The molecule has 0 radical (unpaired) electrons. The molecule has 3 nitrogen and oxygen atoms in total. The lowest BCUT2D eigenvalue weighted by molar-refractivity contribution is -0.142. The Hall–Kier alpha value is -0.120. The summed E-state index contributed by atoms with van der Waals surface area (Å²) in [6, 6.07) is 0. The van der Waals surface area contributed by atoms with E-state index in [1.807, 2.05) is 0 Å². The quantitative estimate of drug-likeness (QED) is 0.741. The Balaban J connectivity index is 2.82. The number of likely N-dealkylation sites (tertiary alicyclic amines) is 1. The van der Waals surface area contributed by atoms with Gasteiger partial charge in [-0.3, -0.25) is 0 Å². The number of nitrogens with zero attached hydrogens (tertiary/aromatic N) is 1. The predicted octanol–water partition coefficient (Wildman–Crippen LogP) is 1.24. The van der Waals surface area contributed by atoms with Crippen molar-refractivity contribution in [3.05, 3.63) is 0 Å². The molecule has 0 aromatic carbocycles. The number of rotatable bonds is 4. The zero-order valence-electron chi connectivity index (χ0n) is 10.3. The highest BCUT2D eigenvalue weighted by Gasteiger charge is 2.48. The highest BCUT2D eigenvalue weighted by molar-refractivity contribution is 5.00. The van der Waals surface area contributed by atoms with Crippen molar-refractivity contribution >= 4 is 0 Å². The molecule has 0 aliphatic carbocycles. The first-order valence-electron chi connectivity index (χ1n) is 6.05. The summed E-state index contributed by atoms with van der Waals surface area (Å²) in [5.74, 6) is 0. The molecule has 0 aromatic rings. The highest BCUT2D eigenvalue weighted by Crippen LogP contribution is 2.44. The SMILES string of the molecule is CCC(CC)(CO)C1(O)CCN(C)CC1. The third-order valence-corrected chi connectivity index (χ3v) is 4.46. The van der Waals surface area contributed by atoms with Gasteiger partial charge < -0.3 is 15.1 Å². The molecule has 1 aliphatic rings. The van der Waals surface area contributed by atoms with Crippen LogP contribution in [-0.2, 0) is 0 Å². The standard InChI is InChI=1S/C12H25NO2/c1-4-11(5-2,10-14)12(15)6-8-13(3)9-7-12/h14-15H,4-10H2,1-3H3. The van der Waals surface area contributed by atoms with Crippen molar-refractivity contribution in [2.45, 2.75) is 45.1 Å². The van der Waals surface area contributed by atoms with Gasteiger partial charge in [0.15, 0.2) is 0 Å². The van der Waals surface area contributed by atoms with E-state index in [1.54, 1.807) is 0 Å². The molecule has 90 valence electrons. The Morgan fingerprint density at radius 1 is 1.20 bits per heavy atom. The summed E-state index contributed by atoms with van der Waals surface area (Å²) in [4.78, 5) is 2.24. The van der Waals surface area contributed by atoms with Crippen molar-refractivity contribution in [3.63, 3.8) is 0 Å². The summed E-state index contributed by atoms with van der Waals surface area (Å²) in [6.07, 6.45) is 3.26. The van der Waals surface area contributed by atoms with Gasteiger partial charge in [-0.2, -0.15) is 0 Å². The van der Waals surface area contributed by atoms with Gasteiger partial charge >= 0.3 is 0 Å². The average molecular weight is 215 g/mol. The fourth-order valence-electron chi connectivity index (χ4n) is 2.80. The molecule has 0 amide bonds. The maximum atomic E-state index is 10.7. The van der Waals surface area contributed by atoms with Crippen LogP contribution in [0.1, 0.15) is 39.5 Å². The van der Waals surface area contributed by atoms with Crippen LogP contribution in [0.2, 0.25) is 0 Å². The first kappa shape index (κ1) is 12.9. The second kappa shape index (κ2) is 4.81. The fourth-order valence-corrected chi connectivity index (χ4v) is 2.80. The largest absolute Gasteiger partial charge is 0.396 e. The van der Waals surface area contributed by atoms with E-state index in [4.69, 9.17) is 0 Å². The molecule has 3 heteroatoms. The predicted molar refractivity (Wildman–Crippen MR) is 61.8 cm³/mol. The summed E-state index contributed by atoms with van der Waals surface area (Å²) in [7, 11) is 2.08. The fraction of sp³-hybridized carbons (Fsp3) is 1.00. The van der Waals surface area contributed by atoms with Crippen molar-refractivity contribution in [3.8, 4) is 0 Å². The van der Waals surface area contributed by atoms with E-state index in [0.717, 1.165) is 38.8 Å². The van der Waals surface area contributed by atoms with Gasteiger partial charge in [0.05, 0.1) is 12.2 Å². The van der Waals surface area contributed by atoms with Gasteiger partial charge in [-0.15, -0.1) is 0 Å². The number of piperidine rings is 1. The van der Waals surface area contributed by atoms with Crippen LogP contribution in [0.25, 0.3) is 0 Å². The molecular formula is C12H25NO2. The lowest BCUT2D eigenvalue weighted by Gasteiger charge is -2.49. The van der Waals surface area contributed by atoms with Crippen LogP contribution in [0.15, 0.2) is 0 Å². The molecule has 0 spiro atoms. The van der Waals surface area contributed by atoms with Gasteiger partial charge in [-0.05, 0) is 32.7 Å². The van der Waals surface area contributed by atoms with E-state index >= 15 is 0 Å². The number of aliphatic hydroxyl groups excluding tert-OH is 1. The smallest absolute Gasteiger partial charge is 0.0749 e. The zero-order valence-corrected chi connectivity index (χ0v) is 10.3. The Labute approximate surface area is 93.1 Å². The second-order valence-electron chi connectivity index (χ2n) is 4.98. The maximum Gasteiger partial charge on any atom is 0.0749 e. The van der Waals surface area contributed by atoms with Gasteiger partial charge in [-0.1, -0.05) is 13.8 Å².